The minimum absolute atomic E-state index is 0.505. The van der Waals surface area contributed by atoms with Gasteiger partial charge in [-0.2, -0.15) is 5.10 Å². The van der Waals surface area contributed by atoms with E-state index in [0.29, 0.717) is 6.61 Å². The van der Waals surface area contributed by atoms with E-state index in [9.17, 15) is 0 Å². The predicted molar refractivity (Wildman–Crippen MR) is 85.9 cm³/mol. The molecule has 22 heavy (non-hydrogen) atoms. The van der Waals surface area contributed by atoms with Gasteiger partial charge in [0.15, 0.2) is 0 Å². The molecule has 0 radical (unpaired) electrons. The molecule has 0 spiro atoms. The lowest BCUT2D eigenvalue weighted by Gasteiger charge is -2.11. The van der Waals surface area contributed by atoms with Gasteiger partial charge in [-0.15, -0.1) is 0 Å². The molecule has 0 aliphatic carbocycles. The number of nitrogens with zero attached hydrogens (tertiary/aromatic N) is 3. The number of rotatable bonds is 4. The summed E-state index contributed by atoms with van der Waals surface area (Å²) in [5.41, 5.74) is 6.10. The SMILES string of the molecule is COCc1cc(-c2cc(C)c3c(cnn3C)n2)ccc1OC. The summed E-state index contributed by atoms with van der Waals surface area (Å²) >= 11 is 0. The fourth-order valence-electron chi connectivity index (χ4n) is 2.75. The monoisotopic (exact) mass is 297 g/mol. The third kappa shape index (κ3) is 2.44. The number of methoxy groups -OCH3 is 2. The Balaban J connectivity index is 2.12. The van der Waals surface area contributed by atoms with Gasteiger partial charge in [0, 0.05) is 25.3 Å². The summed E-state index contributed by atoms with van der Waals surface area (Å²) in [6.07, 6.45) is 1.80. The lowest BCUT2D eigenvalue weighted by atomic mass is 10.0. The molecule has 0 unspecified atom stereocenters. The van der Waals surface area contributed by atoms with Crippen molar-refractivity contribution in [3.8, 4) is 17.0 Å². The van der Waals surface area contributed by atoms with Crippen LogP contribution in [0.5, 0.6) is 5.75 Å². The van der Waals surface area contributed by atoms with E-state index in [0.717, 1.165) is 39.2 Å². The highest BCUT2D eigenvalue weighted by atomic mass is 16.5. The molecule has 0 fully saturated rings. The van der Waals surface area contributed by atoms with E-state index in [2.05, 4.69) is 24.2 Å². The van der Waals surface area contributed by atoms with E-state index in [-0.39, 0.29) is 0 Å². The van der Waals surface area contributed by atoms with Crippen molar-refractivity contribution in [2.24, 2.45) is 7.05 Å². The maximum atomic E-state index is 5.37. The van der Waals surface area contributed by atoms with Crippen LogP contribution in [0.15, 0.2) is 30.5 Å². The van der Waals surface area contributed by atoms with Crippen LogP contribution >= 0.6 is 0 Å². The van der Waals surface area contributed by atoms with Crippen LogP contribution in [0.4, 0.5) is 0 Å². The molecule has 5 heteroatoms. The first-order chi connectivity index (χ1) is 10.6. The molecule has 0 amide bonds. The van der Waals surface area contributed by atoms with Crippen LogP contribution in [0.25, 0.3) is 22.3 Å². The van der Waals surface area contributed by atoms with Crippen molar-refractivity contribution in [1.29, 1.82) is 0 Å². The Labute approximate surface area is 129 Å². The van der Waals surface area contributed by atoms with Crippen molar-refractivity contribution in [3.05, 3.63) is 41.6 Å². The standard InChI is InChI=1S/C17H19N3O2/c1-11-7-14(19-15-9-18-20(2)17(11)15)12-5-6-16(22-4)13(8-12)10-21-3/h5-9H,10H2,1-4H3. The molecule has 0 bridgehead atoms. The third-order valence-corrected chi connectivity index (χ3v) is 3.76. The number of aryl methyl sites for hydroxylation is 2. The number of hydrogen-bond donors (Lipinski definition) is 0. The van der Waals surface area contributed by atoms with Gasteiger partial charge in [-0.25, -0.2) is 4.98 Å². The number of pyridine rings is 1. The zero-order valence-corrected chi connectivity index (χ0v) is 13.3. The van der Waals surface area contributed by atoms with Crippen LogP contribution in [0.2, 0.25) is 0 Å². The first-order valence-corrected chi connectivity index (χ1v) is 7.09. The number of hydrogen-bond acceptors (Lipinski definition) is 4. The summed E-state index contributed by atoms with van der Waals surface area (Å²) in [7, 11) is 5.27. The first-order valence-electron chi connectivity index (χ1n) is 7.09. The summed E-state index contributed by atoms with van der Waals surface area (Å²) in [4.78, 5) is 4.72. The van der Waals surface area contributed by atoms with Crippen molar-refractivity contribution >= 4 is 11.0 Å². The van der Waals surface area contributed by atoms with E-state index in [1.807, 2.05) is 23.9 Å². The second-order valence-electron chi connectivity index (χ2n) is 5.29. The van der Waals surface area contributed by atoms with E-state index >= 15 is 0 Å². The van der Waals surface area contributed by atoms with Crippen LogP contribution in [0, 0.1) is 6.92 Å². The first kappa shape index (κ1) is 14.5. The highest BCUT2D eigenvalue weighted by Crippen LogP contribution is 2.28. The topological polar surface area (TPSA) is 49.2 Å². The van der Waals surface area contributed by atoms with E-state index in [1.165, 1.54) is 0 Å². The van der Waals surface area contributed by atoms with Gasteiger partial charge in [-0.1, -0.05) is 0 Å². The van der Waals surface area contributed by atoms with Gasteiger partial charge in [-0.05, 0) is 36.8 Å². The molecular formula is C17H19N3O2. The van der Waals surface area contributed by atoms with Crippen molar-refractivity contribution in [2.75, 3.05) is 14.2 Å². The molecule has 1 aromatic carbocycles. The van der Waals surface area contributed by atoms with Gasteiger partial charge >= 0.3 is 0 Å². The largest absolute Gasteiger partial charge is 0.496 e. The molecule has 0 saturated heterocycles. The summed E-state index contributed by atoms with van der Waals surface area (Å²) in [5, 5.41) is 4.28. The number of benzene rings is 1. The summed E-state index contributed by atoms with van der Waals surface area (Å²) in [6, 6.07) is 8.12. The number of fused-ring (bicyclic) bond motifs is 1. The van der Waals surface area contributed by atoms with Crippen LogP contribution in [0.3, 0.4) is 0 Å². The predicted octanol–water partition coefficient (Wildman–Crippen LogP) is 3.10. The number of aromatic nitrogens is 3. The second kappa shape index (κ2) is 5.77. The smallest absolute Gasteiger partial charge is 0.124 e. The maximum Gasteiger partial charge on any atom is 0.124 e. The Bertz CT molecular complexity index is 824. The van der Waals surface area contributed by atoms with Gasteiger partial charge in [-0.3, -0.25) is 4.68 Å². The van der Waals surface area contributed by atoms with E-state index in [4.69, 9.17) is 14.5 Å². The van der Waals surface area contributed by atoms with Crippen molar-refractivity contribution in [2.45, 2.75) is 13.5 Å². The minimum atomic E-state index is 0.505. The molecule has 2 heterocycles. The normalized spacial score (nSPS) is 11.1. The Kier molecular flexibility index (Phi) is 3.81. The fourth-order valence-corrected chi connectivity index (χ4v) is 2.75. The summed E-state index contributed by atoms with van der Waals surface area (Å²) < 4.78 is 12.5. The van der Waals surface area contributed by atoms with Crippen molar-refractivity contribution < 1.29 is 9.47 Å². The molecule has 3 aromatic rings. The van der Waals surface area contributed by atoms with Gasteiger partial charge < -0.3 is 9.47 Å². The van der Waals surface area contributed by atoms with Crippen LogP contribution < -0.4 is 4.74 Å². The van der Waals surface area contributed by atoms with Crippen LogP contribution in [0.1, 0.15) is 11.1 Å². The summed E-state index contributed by atoms with van der Waals surface area (Å²) in [5.74, 6) is 0.824. The Morgan fingerprint density at radius 1 is 1.18 bits per heavy atom. The average molecular weight is 297 g/mol. The molecule has 0 saturated carbocycles. The molecule has 114 valence electrons. The highest BCUT2D eigenvalue weighted by molar-refractivity contribution is 5.81. The molecule has 0 aliphatic heterocycles. The minimum Gasteiger partial charge on any atom is -0.496 e. The maximum absolute atomic E-state index is 5.37. The molecule has 3 rings (SSSR count). The second-order valence-corrected chi connectivity index (χ2v) is 5.29. The highest BCUT2D eigenvalue weighted by Gasteiger charge is 2.11. The van der Waals surface area contributed by atoms with E-state index < -0.39 is 0 Å². The van der Waals surface area contributed by atoms with Gasteiger partial charge in [0.1, 0.15) is 11.3 Å². The van der Waals surface area contributed by atoms with Gasteiger partial charge in [0.2, 0.25) is 0 Å². The zero-order chi connectivity index (χ0) is 15.7. The van der Waals surface area contributed by atoms with Crippen molar-refractivity contribution in [1.82, 2.24) is 14.8 Å². The van der Waals surface area contributed by atoms with Crippen LogP contribution in [-0.2, 0) is 18.4 Å². The Morgan fingerprint density at radius 3 is 2.73 bits per heavy atom. The Hall–Kier alpha value is -2.40. The lowest BCUT2D eigenvalue weighted by molar-refractivity contribution is 0.181. The average Bonchev–Trinajstić information content (AvgIpc) is 2.89. The molecular weight excluding hydrogens is 278 g/mol. The molecule has 0 aliphatic rings. The summed E-state index contributed by atoms with van der Waals surface area (Å²) in [6.45, 7) is 2.58. The lowest BCUT2D eigenvalue weighted by Crippen LogP contribution is -1.96. The van der Waals surface area contributed by atoms with Crippen LogP contribution in [-0.4, -0.2) is 29.0 Å². The number of ether oxygens (including phenoxy) is 2. The fraction of sp³-hybridized carbons (Fsp3) is 0.294. The van der Waals surface area contributed by atoms with Gasteiger partial charge in [0.05, 0.1) is 31.1 Å². The molecule has 0 N–H and O–H groups in total. The van der Waals surface area contributed by atoms with Crippen molar-refractivity contribution in [3.63, 3.8) is 0 Å². The molecule has 5 nitrogen and oxygen atoms in total. The molecule has 2 aromatic heterocycles. The van der Waals surface area contributed by atoms with E-state index in [1.54, 1.807) is 20.4 Å². The zero-order valence-electron chi connectivity index (χ0n) is 13.3. The Morgan fingerprint density at radius 2 is 2.00 bits per heavy atom. The molecule has 0 atom stereocenters. The third-order valence-electron chi connectivity index (χ3n) is 3.76. The van der Waals surface area contributed by atoms with Gasteiger partial charge in [0.25, 0.3) is 0 Å². The quantitative estimate of drug-likeness (QED) is 0.742.